The molecule has 0 saturated carbocycles. The largest absolute Gasteiger partial charge is 0.343 e. The van der Waals surface area contributed by atoms with E-state index in [1.165, 1.54) is 14.2 Å². The molecule has 0 amide bonds. The van der Waals surface area contributed by atoms with Gasteiger partial charge in [0.2, 0.25) is 0 Å². The van der Waals surface area contributed by atoms with Crippen LogP contribution in [0.3, 0.4) is 0 Å². The van der Waals surface area contributed by atoms with Crippen LogP contribution in [0.25, 0.3) is 0 Å². The highest BCUT2D eigenvalue weighted by molar-refractivity contribution is 7.56. The Balaban J connectivity index is 2.75. The van der Waals surface area contributed by atoms with Gasteiger partial charge in [-0.15, -0.1) is 0 Å². The van der Waals surface area contributed by atoms with E-state index in [-0.39, 0.29) is 5.78 Å². The number of benzene rings is 1. The molecule has 0 aliphatic carbocycles. The van der Waals surface area contributed by atoms with Crippen molar-refractivity contribution in [3.63, 3.8) is 0 Å². The van der Waals surface area contributed by atoms with E-state index in [1.807, 2.05) is 30.3 Å². The van der Waals surface area contributed by atoms with Gasteiger partial charge in [-0.3, -0.25) is 9.36 Å². The van der Waals surface area contributed by atoms with Crippen molar-refractivity contribution in [3.05, 3.63) is 35.9 Å². The molecule has 5 heteroatoms. The third kappa shape index (κ3) is 3.53. The minimum atomic E-state index is -3.41. The minimum absolute atomic E-state index is 0.122. The molecular formula is C14H21O4P. The third-order valence-electron chi connectivity index (χ3n) is 3.33. The first-order chi connectivity index (χ1) is 8.87. The van der Waals surface area contributed by atoms with Crippen molar-refractivity contribution < 1.29 is 18.4 Å². The summed E-state index contributed by atoms with van der Waals surface area (Å²) in [7, 11) is -0.807. The van der Waals surface area contributed by atoms with E-state index in [4.69, 9.17) is 9.05 Å². The van der Waals surface area contributed by atoms with Crippen LogP contribution < -0.4 is 0 Å². The Morgan fingerprint density at radius 3 is 2.16 bits per heavy atom. The highest BCUT2D eigenvalue weighted by atomic mass is 31.2. The van der Waals surface area contributed by atoms with E-state index < -0.39 is 12.8 Å². The fourth-order valence-corrected chi connectivity index (χ4v) is 3.37. The SMILES string of the molecule is COP(=O)(OC)C(C)(C)C(=O)CCc1ccccc1. The fraction of sp³-hybridized carbons (Fsp3) is 0.500. The summed E-state index contributed by atoms with van der Waals surface area (Å²) in [5, 5.41) is -1.13. The van der Waals surface area contributed by atoms with Crippen LogP contribution in [0.2, 0.25) is 0 Å². The van der Waals surface area contributed by atoms with Gasteiger partial charge in [0, 0.05) is 20.6 Å². The molecule has 0 fully saturated rings. The van der Waals surface area contributed by atoms with Crippen LogP contribution >= 0.6 is 7.60 Å². The first-order valence-electron chi connectivity index (χ1n) is 6.16. The lowest BCUT2D eigenvalue weighted by molar-refractivity contribution is -0.121. The molecule has 0 aliphatic heterocycles. The molecule has 1 rings (SSSR count). The van der Waals surface area contributed by atoms with Crippen molar-refractivity contribution in [2.45, 2.75) is 31.8 Å². The minimum Gasteiger partial charge on any atom is -0.311 e. The smallest absolute Gasteiger partial charge is 0.311 e. The molecule has 1 aromatic carbocycles. The van der Waals surface area contributed by atoms with Crippen LogP contribution in [0, 0.1) is 0 Å². The zero-order chi connectivity index (χ0) is 14.5. The highest BCUT2D eigenvalue weighted by Gasteiger charge is 2.47. The monoisotopic (exact) mass is 284 g/mol. The Morgan fingerprint density at radius 1 is 1.16 bits per heavy atom. The van der Waals surface area contributed by atoms with Gasteiger partial charge in [0.05, 0.1) is 0 Å². The van der Waals surface area contributed by atoms with E-state index in [0.29, 0.717) is 12.8 Å². The number of aryl methyl sites for hydroxylation is 1. The van der Waals surface area contributed by atoms with Crippen molar-refractivity contribution in [1.82, 2.24) is 0 Å². The zero-order valence-electron chi connectivity index (χ0n) is 11.9. The van der Waals surface area contributed by atoms with Crippen molar-refractivity contribution in [2.24, 2.45) is 0 Å². The van der Waals surface area contributed by atoms with E-state index in [1.54, 1.807) is 13.8 Å². The molecule has 1 aromatic rings. The van der Waals surface area contributed by atoms with E-state index in [9.17, 15) is 9.36 Å². The molecule has 0 saturated heterocycles. The van der Waals surface area contributed by atoms with Gasteiger partial charge < -0.3 is 9.05 Å². The standard InChI is InChI=1S/C14H21O4P/c1-14(2,19(16,17-3)18-4)13(15)11-10-12-8-6-5-7-9-12/h5-9H,10-11H2,1-4H3. The van der Waals surface area contributed by atoms with E-state index in [2.05, 4.69) is 0 Å². The second-order valence-corrected chi connectivity index (χ2v) is 7.67. The molecule has 0 heterocycles. The Bertz CT molecular complexity index is 460. The van der Waals surface area contributed by atoms with Crippen molar-refractivity contribution in [1.29, 1.82) is 0 Å². The highest BCUT2D eigenvalue weighted by Crippen LogP contribution is 2.59. The van der Waals surface area contributed by atoms with Gasteiger partial charge >= 0.3 is 7.60 Å². The van der Waals surface area contributed by atoms with Crippen molar-refractivity contribution in [3.8, 4) is 0 Å². The number of carbonyl (C=O) groups excluding carboxylic acids is 1. The molecule has 0 unspecified atom stereocenters. The molecule has 0 bridgehead atoms. The van der Waals surface area contributed by atoms with Crippen molar-refractivity contribution in [2.75, 3.05) is 14.2 Å². The molecule has 0 atom stereocenters. The van der Waals surface area contributed by atoms with Gasteiger partial charge in [-0.1, -0.05) is 30.3 Å². The van der Waals surface area contributed by atoms with Gasteiger partial charge in [0.15, 0.2) is 5.78 Å². The van der Waals surface area contributed by atoms with Gasteiger partial charge in [-0.25, -0.2) is 0 Å². The molecule has 0 spiro atoms. The quantitative estimate of drug-likeness (QED) is 0.720. The maximum atomic E-state index is 12.4. The number of carbonyl (C=O) groups is 1. The summed E-state index contributed by atoms with van der Waals surface area (Å²) >= 11 is 0. The zero-order valence-corrected chi connectivity index (χ0v) is 12.8. The van der Waals surface area contributed by atoms with Crippen LogP contribution in [0.1, 0.15) is 25.8 Å². The molecular weight excluding hydrogens is 263 g/mol. The Labute approximate surface area is 114 Å². The van der Waals surface area contributed by atoms with Crippen molar-refractivity contribution >= 4 is 13.4 Å². The van der Waals surface area contributed by atoms with Gasteiger partial charge in [-0.2, -0.15) is 0 Å². The first-order valence-corrected chi connectivity index (χ1v) is 7.70. The fourth-order valence-electron chi connectivity index (χ4n) is 1.89. The summed E-state index contributed by atoms with van der Waals surface area (Å²) in [6, 6.07) is 9.72. The predicted octanol–water partition coefficient (Wildman–Crippen LogP) is 3.45. The van der Waals surface area contributed by atoms with E-state index in [0.717, 1.165) is 5.56 Å². The van der Waals surface area contributed by atoms with Crippen LogP contribution in [0.4, 0.5) is 0 Å². The van der Waals surface area contributed by atoms with Gasteiger partial charge in [0.1, 0.15) is 5.16 Å². The molecule has 106 valence electrons. The molecule has 19 heavy (non-hydrogen) atoms. The van der Waals surface area contributed by atoms with Gasteiger partial charge in [0.25, 0.3) is 0 Å². The molecule has 0 aliphatic rings. The summed E-state index contributed by atoms with van der Waals surface area (Å²) in [5.74, 6) is -0.122. The lowest BCUT2D eigenvalue weighted by Gasteiger charge is -2.29. The van der Waals surface area contributed by atoms with Crippen LogP contribution in [0.15, 0.2) is 30.3 Å². The molecule has 0 N–H and O–H groups in total. The lowest BCUT2D eigenvalue weighted by Crippen LogP contribution is -2.33. The third-order valence-corrected chi connectivity index (χ3v) is 5.91. The Hall–Kier alpha value is -0.960. The summed E-state index contributed by atoms with van der Waals surface area (Å²) in [6.07, 6.45) is 0.935. The van der Waals surface area contributed by atoms with Crippen LogP contribution in [-0.2, 0) is 24.8 Å². The summed E-state index contributed by atoms with van der Waals surface area (Å²) < 4.78 is 22.2. The average molecular weight is 284 g/mol. The second kappa shape index (κ2) is 6.47. The molecule has 0 aromatic heterocycles. The Kier molecular flexibility index (Phi) is 5.48. The molecule has 0 radical (unpaired) electrons. The maximum absolute atomic E-state index is 12.4. The molecule has 4 nitrogen and oxygen atoms in total. The number of Topliss-reactive ketones (excluding diaryl/α,β-unsaturated/α-hetero) is 1. The number of ketones is 1. The number of hydrogen-bond donors (Lipinski definition) is 0. The first kappa shape index (κ1) is 16.1. The van der Waals surface area contributed by atoms with Crippen LogP contribution in [0.5, 0.6) is 0 Å². The number of hydrogen-bond acceptors (Lipinski definition) is 4. The topological polar surface area (TPSA) is 52.6 Å². The van der Waals surface area contributed by atoms with E-state index >= 15 is 0 Å². The number of rotatable bonds is 7. The summed E-state index contributed by atoms with van der Waals surface area (Å²) in [6.45, 7) is 3.21. The second-order valence-electron chi connectivity index (χ2n) is 4.83. The Morgan fingerprint density at radius 2 is 1.68 bits per heavy atom. The normalized spacial score (nSPS) is 12.4. The lowest BCUT2D eigenvalue weighted by atomic mass is 10.0. The van der Waals surface area contributed by atoms with Gasteiger partial charge in [-0.05, 0) is 25.8 Å². The van der Waals surface area contributed by atoms with Crippen LogP contribution in [-0.4, -0.2) is 25.2 Å². The summed E-state index contributed by atoms with van der Waals surface area (Å²) in [5.41, 5.74) is 1.08. The predicted molar refractivity (Wildman–Crippen MR) is 75.5 cm³/mol. The maximum Gasteiger partial charge on any atom is 0.343 e. The summed E-state index contributed by atoms with van der Waals surface area (Å²) in [4.78, 5) is 12.3. The average Bonchev–Trinajstić information content (AvgIpc) is 2.44.